The topological polar surface area (TPSA) is 55.1 Å². The third kappa shape index (κ3) is 4.84. The minimum atomic E-state index is -0.900. The largest absolute Gasteiger partial charge is 0.376 e. The molecule has 0 aliphatic carbocycles. The summed E-state index contributed by atoms with van der Waals surface area (Å²) in [4.78, 5) is 0. The number of nitrogens with one attached hydrogen (secondary N) is 1. The summed E-state index contributed by atoms with van der Waals surface area (Å²) >= 11 is 12.1. The molecule has 7 heteroatoms. The predicted molar refractivity (Wildman–Crippen MR) is 103 cm³/mol. The van der Waals surface area contributed by atoms with E-state index in [9.17, 15) is 4.21 Å². The lowest BCUT2D eigenvalue weighted by atomic mass is 10.1. The lowest BCUT2D eigenvalue weighted by Crippen LogP contribution is -2.00. The maximum absolute atomic E-state index is 11.4. The number of anilines is 1. The number of nitrogens with zero attached hydrogens (tertiary/aromatic N) is 1. The highest BCUT2D eigenvalue weighted by molar-refractivity contribution is 7.83. The first-order chi connectivity index (χ1) is 12.0. The van der Waals surface area contributed by atoms with E-state index in [4.69, 9.17) is 27.7 Å². The van der Waals surface area contributed by atoms with Crippen LogP contribution in [0.1, 0.15) is 11.3 Å². The highest BCUT2D eigenvalue weighted by atomic mass is 35.5. The first-order valence-corrected chi connectivity index (χ1v) is 10.0. The van der Waals surface area contributed by atoms with Gasteiger partial charge in [0.2, 0.25) is 0 Å². The van der Waals surface area contributed by atoms with Crippen molar-refractivity contribution in [3.8, 4) is 11.3 Å². The van der Waals surface area contributed by atoms with E-state index in [0.29, 0.717) is 28.1 Å². The summed E-state index contributed by atoms with van der Waals surface area (Å²) in [6, 6.07) is 14.9. The minimum Gasteiger partial charge on any atom is -0.376 e. The van der Waals surface area contributed by atoms with E-state index in [-0.39, 0.29) is 0 Å². The van der Waals surface area contributed by atoms with Gasteiger partial charge in [-0.3, -0.25) is 4.21 Å². The van der Waals surface area contributed by atoms with Gasteiger partial charge in [-0.25, -0.2) is 0 Å². The fraction of sp³-hybridized carbons (Fsp3) is 0.167. The summed E-state index contributed by atoms with van der Waals surface area (Å²) in [6.07, 6.45) is 1.68. The number of halogens is 2. The standard InChI is InChI=1S/C18H16Cl2N2O2S/c1-25(23)11-12-2-7-16(20)18(8-12)21-10-15-9-17(22-24-15)13-3-5-14(19)6-4-13/h2-9,21H,10-11H2,1H3/t25-/m0/s1. The molecule has 0 aliphatic rings. The molecule has 3 rings (SSSR count). The SMILES string of the molecule is C[S@](=O)Cc1ccc(Cl)c(NCc2cc(-c3ccc(Cl)cc3)no2)c1. The van der Waals surface area contributed by atoms with Crippen molar-refractivity contribution in [1.82, 2.24) is 5.16 Å². The molecule has 1 N–H and O–H groups in total. The van der Waals surface area contributed by atoms with Crippen LogP contribution in [0.15, 0.2) is 53.1 Å². The van der Waals surface area contributed by atoms with Crippen molar-refractivity contribution in [2.45, 2.75) is 12.3 Å². The van der Waals surface area contributed by atoms with E-state index in [1.165, 1.54) is 0 Å². The van der Waals surface area contributed by atoms with Crippen LogP contribution in [0.25, 0.3) is 11.3 Å². The monoisotopic (exact) mass is 394 g/mol. The average Bonchev–Trinajstić information content (AvgIpc) is 3.04. The lowest BCUT2D eigenvalue weighted by Gasteiger charge is -2.08. The van der Waals surface area contributed by atoms with Gasteiger partial charge in [-0.1, -0.05) is 46.6 Å². The molecule has 0 aliphatic heterocycles. The maximum atomic E-state index is 11.4. The van der Waals surface area contributed by atoms with Crippen LogP contribution in [-0.2, 0) is 23.1 Å². The Labute approximate surface area is 158 Å². The molecule has 0 saturated heterocycles. The van der Waals surface area contributed by atoms with Crippen molar-refractivity contribution in [3.05, 3.63) is 69.9 Å². The van der Waals surface area contributed by atoms with Crippen LogP contribution < -0.4 is 5.32 Å². The molecular formula is C18H16Cl2N2O2S. The van der Waals surface area contributed by atoms with E-state index in [2.05, 4.69) is 10.5 Å². The maximum Gasteiger partial charge on any atom is 0.156 e. The Morgan fingerprint density at radius 1 is 1.12 bits per heavy atom. The van der Waals surface area contributed by atoms with Gasteiger partial charge in [0.1, 0.15) is 5.69 Å². The fourth-order valence-electron chi connectivity index (χ4n) is 2.37. The van der Waals surface area contributed by atoms with Crippen LogP contribution in [0.2, 0.25) is 10.0 Å². The molecule has 130 valence electrons. The zero-order valence-corrected chi connectivity index (χ0v) is 15.8. The molecule has 0 amide bonds. The van der Waals surface area contributed by atoms with Crippen molar-refractivity contribution in [2.24, 2.45) is 0 Å². The Balaban J connectivity index is 1.70. The van der Waals surface area contributed by atoms with Gasteiger partial charge in [-0.05, 0) is 29.8 Å². The fourth-order valence-corrected chi connectivity index (χ4v) is 3.33. The van der Waals surface area contributed by atoms with Crippen LogP contribution in [0.5, 0.6) is 0 Å². The second kappa shape index (κ2) is 8.04. The minimum absolute atomic E-state index is 0.443. The normalized spacial score (nSPS) is 12.1. The van der Waals surface area contributed by atoms with E-state index in [0.717, 1.165) is 22.5 Å². The Bertz CT molecular complexity index is 894. The number of aromatic nitrogens is 1. The molecule has 2 aromatic carbocycles. The number of hydrogen-bond acceptors (Lipinski definition) is 4. The lowest BCUT2D eigenvalue weighted by molar-refractivity contribution is 0.390. The zero-order chi connectivity index (χ0) is 17.8. The Morgan fingerprint density at radius 2 is 1.88 bits per heavy atom. The molecule has 0 unspecified atom stereocenters. The summed E-state index contributed by atoms with van der Waals surface area (Å²) in [6.45, 7) is 0.443. The van der Waals surface area contributed by atoms with E-state index in [1.54, 1.807) is 12.3 Å². The molecule has 3 aromatic rings. The summed E-state index contributed by atoms with van der Waals surface area (Å²) in [5.74, 6) is 1.18. The van der Waals surface area contributed by atoms with Crippen molar-refractivity contribution in [3.63, 3.8) is 0 Å². The van der Waals surface area contributed by atoms with Gasteiger partial charge in [-0.2, -0.15) is 0 Å². The predicted octanol–water partition coefficient (Wildman–Crippen LogP) is 5.14. The molecule has 1 atom stereocenters. The van der Waals surface area contributed by atoms with Crippen molar-refractivity contribution in [2.75, 3.05) is 11.6 Å². The molecule has 0 radical (unpaired) electrons. The molecule has 1 heterocycles. The third-order valence-corrected chi connectivity index (χ3v) is 4.87. The van der Waals surface area contributed by atoms with Gasteiger partial charge in [0.05, 0.1) is 17.3 Å². The van der Waals surface area contributed by atoms with Gasteiger partial charge in [-0.15, -0.1) is 0 Å². The molecule has 25 heavy (non-hydrogen) atoms. The van der Waals surface area contributed by atoms with Gasteiger partial charge in [0, 0.05) is 39.5 Å². The van der Waals surface area contributed by atoms with E-state index < -0.39 is 10.8 Å². The van der Waals surface area contributed by atoms with Crippen LogP contribution >= 0.6 is 23.2 Å². The summed E-state index contributed by atoms with van der Waals surface area (Å²) in [7, 11) is -0.900. The number of rotatable bonds is 6. The van der Waals surface area contributed by atoms with Crippen molar-refractivity contribution < 1.29 is 8.73 Å². The number of benzene rings is 2. The first kappa shape index (κ1) is 18.0. The summed E-state index contributed by atoms with van der Waals surface area (Å²) < 4.78 is 16.7. The smallest absolute Gasteiger partial charge is 0.156 e. The van der Waals surface area contributed by atoms with E-state index >= 15 is 0 Å². The molecule has 0 spiro atoms. The highest BCUT2D eigenvalue weighted by Gasteiger charge is 2.08. The van der Waals surface area contributed by atoms with Crippen molar-refractivity contribution >= 4 is 39.7 Å². The zero-order valence-electron chi connectivity index (χ0n) is 13.5. The Hall–Kier alpha value is -1.82. The van der Waals surface area contributed by atoms with Gasteiger partial charge in [0.15, 0.2) is 5.76 Å². The van der Waals surface area contributed by atoms with Crippen LogP contribution in [0.3, 0.4) is 0 Å². The van der Waals surface area contributed by atoms with Gasteiger partial charge in [0.25, 0.3) is 0 Å². The number of hydrogen-bond donors (Lipinski definition) is 1. The average molecular weight is 395 g/mol. The molecule has 1 aromatic heterocycles. The second-order valence-corrected chi connectivity index (χ2v) is 7.85. The Kier molecular flexibility index (Phi) is 5.78. The quantitative estimate of drug-likeness (QED) is 0.628. The van der Waals surface area contributed by atoms with Crippen LogP contribution in [0.4, 0.5) is 5.69 Å². The summed E-state index contributed by atoms with van der Waals surface area (Å²) in [5.41, 5.74) is 3.42. The molecule has 0 bridgehead atoms. The summed E-state index contributed by atoms with van der Waals surface area (Å²) in [5, 5.41) is 8.59. The van der Waals surface area contributed by atoms with Gasteiger partial charge < -0.3 is 9.84 Å². The van der Waals surface area contributed by atoms with Gasteiger partial charge >= 0.3 is 0 Å². The molecular weight excluding hydrogens is 379 g/mol. The Morgan fingerprint density at radius 3 is 2.60 bits per heavy atom. The second-order valence-electron chi connectivity index (χ2n) is 5.57. The molecule has 4 nitrogen and oxygen atoms in total. The third-order valence-electron chi connectivity index (χ3n) is 3.55. The first-order valence-electron chi connectivity index (χ1n) is 7.55. The van der Waals surface area contributed by atoms with Crippen molar-refractivity contribution in [1.29, 1.82) is 0 Å². The molecule has 0 saturated carbocycles. The van der Waals surface area contributed by atoms with Crippen LogP contribution in [-0.4, -0.2) is 15.6 Å². The van der Waals surface area contributed by atoms with E-state index in [1.807, 2.05) is 42.5 Å². The molecule has 0 fully saturated rings. The highest BCUT2D eigenvalue weighted by Crippen LogP contribution is 2.25. The van der Waals surface area contributed by atoms with Crippen LogP contribution in [0, 0.1) is 0 Å².